The van der Waals surface area contributed by atoms with Crippen LogP contribution in [0.25, 0.3) is 0 Å². The molecule has 2 unspecified atom stereocenters. The zero-order valence-electron chi connectivity index (χ0n) is 12.8. The Bertz CT molecular complexity index is 455. The minimum Gasteiger partial charge on any atom is -0.356 e. The van der Waals surface area contributed by atoms with Gasteiger partial charge in [0.15, 0.2) is 0 Å². The summed E-state index contributed by atoms with van der Waals surface area (Å²) in [6, 6.07) is 2.08. The number of piperidine rings is 1. The van der Waals surface area contributed by atoms with Gasteiger partial charge in [-0.1, -0.05) is 6.92 Å². The summed E-state index contributed by atoms with van der Waals surface area (Å²) >= 11 is 0. The van der Waals surface area contributed by atoms with Crippen LogP contribution in [0.4, 0.5) is 0 Å². The van der Waals surface area contributed by atoms with Gasteiger partial charge in [0.1, 0.15) is 0 Å². The van der Waals surface area contributed by atoms with Crippen molar-refractivity contribution in [3.05, 3.63) is 17.5 Å². The number of aryl methyl sites for hydroxylation is 3. The number of carbonyl (C=O) groups is 1. The highest BCUT2D eigenvalue weighted by molar-refractivity contribution is 5.78. The number of aromatic nitrogens is 2. The predicted molar refractivity (Wildman–Crippen MR) is 79.5 cm³/mol. The Morgan fingerprint density at radius 2 is 2.30 bits per heavy atom. The Morgan fingerprint density at radius 3 is 2.95 bits per heavy atom. The van der Waals surface area contributed by atoms with Crippen molar-refractivity contribution in [3.8, 4) is 0 Å². The van der Waals surface area contributed by atoms with Crippen LogP contribution in [0.2, 0.25) is 0 Å². The van der Waals surface area contributed by atoms with Crippen molar-refractivity contribution in [1.82, 2.24) is 20.4 Å². The number of nitrogens with one attached hydrogen (secondary N) is 2. The summed E-state index contributed by atoms with van der Waals surface area (Å²) in [5.41, 5.74) is 2.23. The van der Waals surface area contributed by atoms with Crippen LogP contribution in [0.3, 0.4) is 0 Å². The molecule has 0 bridgehead atoms. The van der Waals surface area contributed by atoms with E-state index in [1.165, 1.54) is 5.69 Å². The Kier molecular flexibility index (Phi) is 5.17. The maximum atomic E-state index is 12.1. The number of nitrogens with zero attached hydrogens (tertiary/aromatic N) is 2. The summed E-state index contributed by atoms with van der Waals surface area (Å²) in [7, 11) is 0. The topological polar surface area (TPSA) is 59.0 Å². The first kappa shape index (κ1) is 15.0. The standard InChI is InChI=1S/C15H26N4O/c1-11-7-14(10-16-9-11)15(20)17-5-4-6-19-13(3)8-12(2)18-19/h8,11,14,16H,4-7,9-10H2,1-3H3,(H,17,20). The van der Waals surface area contributed by atoms with Gasteiger partial charge in [0.25, 0.3) is 0 Å². The van der Waals surface area contributed by atoms with E-state index in [1.54, 1.807) is 0 Å². The quantitative estimate of drug-likeness (QED) is 0.797. The molecular weight excluding hydrogens is 252 g/mol. The van der Waals surface area contributed by atoms with E-state index >= 15 is 0 Å². The maximum Gasteiger partial charge on any atom is 0.224 e. The molecule has 5 nitrogen and oxygen atoms in total. The van der Waals surface area contributed by atoms with Gasteiger partial charge in [-0.2, -0.15) is 5.10 Å². The van der Waals surface area contributed by atoms with Crippen molar-refractivity contribution in [1.29, 1.82) is 0 Å². The van der Waals surface area contributed by atoms with E-state index in [9.17, 15) is 4.79 Å². The molecule has 2 atom stereocenters. The van der Waals surface area contributed by atoms with Crippen molar-refractivity contribution in [2.45, 2.75) is 40.2 Å². The molecule has 2 N–H and O–H groups in total. The monoisotopic (exact) mass is 278 g/mol. The molecule has 20 heavy (non-hydrogen) atoms. The second-order valence-electron chi connectivity index (χ2n) is 5.99. The Balaban J connectivity index is 1.68. The molecule has 2 heterocycles. The van der Waals surface area contributed by atoms with Crippen molar-refractivity contribution >= 4 is 5.91 Å². The highest BCUT2D eigenvalue weighted by Gasteiger charge is 2.24. The Hall–Kier alpha value is -1.36. The van der Waals surface area contributed by atoms with E-state index in [2.05, 4.69) is 35.6 Å². The fraction of sp³-hybridized carbons (Fsp3) is 0.733. The fourth-order valence-electron chi connectivity index (χ4n) is 2.84. The molecule has 0 saturated carbocycles. The average Bonchev–Trinajstić information content (AvgIpc) is 2.73. The van der Waals surface area contributed by atoms with Crippen LogP contribution in [0.5, 0.6) is 0 Å². The van der Waals surface area contributed by atoms with E-state index < -0.39 is 0 Å². The highest BCUT2D eigenvalue weighted by atomic mass is 16.1. The molecule has 112 valence electrons. The molecule has 1 aliphatic heterocycles. The van der Waals surface area contributed by atoms with Crippen LogP contribution >= 0.6 is 0 Å². The minimum absolute atomic E-state index is 0.132. The second-order valence-corrected chi connectivity index (χ2v) is 5.99. The van der Waals surface area contributed by atoms with E-state index in [1.807, 2.05) is 11.6 Å². The maximum absolute atomic E-state index is 12.1. The Morgan fingerprint density at radius 1 is 1.50 bits per heavy atom. The van der Waals surface area contributed by atoms with Gasteiger partial charge in [0, 0.05) is 25.3 Å². The van der Waals surface area contributed by atoms with Crippen LogP contribution in [0.1, 0.15) is 31.2 Å². The average molecular weight is 278 g/mol. The van der Waals surface area contributed by atoms with Crippen LogP contribution in [0.15, 0.2) is 6.07 Å². The largest absolute Gasteiger partial charge is 0.356 e. The summed E-state index contributed by atoms with van der Waals surface area (Å²) in [6.45, 7) is 9.68. The minimum atomic E-state index is 0.132. The smallest absolute Gasteiger partial charge is 0.224 e. The summed E-state index contributed by atoms with van der Waals surface area (Å²) in [6.07, 6.45) is 1.92. The molecule has 1 saturated heterocycles. The normalized spacial score (nSPS) is 22.8. The van der Waals surface area contributed by atoms with Crippen molar-refractivity contribution in [2.24, 2.45) is 11.8 Å². The number of carbonyl (C=O) groups excluding carboxylic acids is 1. The molecule has 0 aromatic carbocycles. The molecule has 1 amide bonds. The Labute approximate surface area is 121 Å². The van der Waals surface area contributed by atoms with Gasteiger partial charge in [-0.3, -0.25) is 9.48 Å². The third-order valence-electron chi connectivity index (χ3n) is 3.89. The summed E-state index contributed by atoms with van der Waals surface area (Å²) in [4.78, 5) is 12.1. The lowest BCUT2D eigenvalue weighted by molar-refractivity contribution is -0.125. The van der Waals surface area contributed by atoms with Crippen LogP contribution < -0.4 is 10.6 Å². The van der Waals surface area contributed by atoms with Gasteiger partial charge < -0.3 is 10.6 Å². The van der Waals surface area contributed by atoms with Crippen molar-refractivity contribution in [3.63, 3.8) is 0 Å². The van der Waals surface area contributed by atoms with Gasteiger partial charge in [-0.15, -0.1) is 0 Å². The van der Waals surface area contributed by atoms with Crippen molar-refractivity contribution in [2.75, 3.05) is 19.6 Å². The fourth-order valence-corrected chi connectivity index (χ4v) is 2.84. The highest BCUT2D eigenvalue weighted by Crippen LogP contribution is 2.15. The molecule has 0 aliphatic carbocycles. The SMILES string of the molecule is Cc1cc(C)n(CCCNC(=O)C2CNCC(C)C2)n1. The number of amides is 1. The summed E-state index contributed by atoms with van der Waals surface area (Å²) < 4.78 is 2.01. The zero-order chi connectivity index (χ0) is 14.5. The summed E-state index contributed by atoms with van der Waals surface area (Å²) in [5, 5.41) is 10.8. The molecule has 2 rings (SSSR count). The van der Waals surface area contributed by atoms with Gasteiger partial charge >= 0.3 is 0 Å². The van der Waals surface area contributed by atoms with E-state index in [0.29, 0.717) is 5.92 Å². The molecule has 1 aliphatic rings. The number of rotatable bonds is 5. The third-order valence-corrected chi connectivity index (χ3v) is 3.89. The number of hydrogen-bond acceptors (Lipinski definition) is 3. The third kappa shape index (κ3) is 4.07. The van der Waals surface area contributed by atoms with Crippen LogP contribution in [0, 0.1) is 25.7 Å². The lowest BCUT2D eigenvalue weighted by Crippen LogP contribution is -2.43. The predicted octanol–water partition coefficient (Wildman–Crippen LogP) is 1.25. The first-order valence-electron chi connectivity index (χ1n) is 7.55. The molecular formula is C15H26N4O. The molecule has 1 aromatic heterocycles. The lowest BCUT2D eigenvalue weighted by Gasteiger charge is -2.26. The van der Waals surface area contributed by atoms with Crippen LogP contribution in [-0.2, 0) is 11.3 Å². The van der Waals surface area contributed by atoms with Crippen molar-refractivity contribution < 1.29 is 4.79 Å². The zero-order valence-corrected chi connectivity index (χ0v) is 12.8. The van der Waals surface area contributed by atoms with E-state index in [-0.39, 0.29) is 11.8 Å². The summed E-state index contributed by atoms with van der Waals surface area (Å²) in [5.74, 6) is 0.916. The first-order chi connectivity index (χ1) is 9.56. The van der Waals surface area contributed by atoms with Gasteiger partial charge in [-0.05, 0) is 45.2 Å². The molecule has 0 radical (unpaired) electrons. The second kappa shape index (κ2) is 6.88. The molecule has 1 aromatic rings. The van der Waals surface area contributed by atoms with Gasteiger partial charge in [0.2, 0.25) is 5.91 Å². The lowest BCUT2D eigenvalue weighted by atomic mass is 9.91. The molecule has 5 heteroatoms. The molecule has 0 spiro atoms. The first-order valence-corrected chi connectivity index (χ1v) is 7.55. The van der Waals surface area contributed by atoms with Gasteiger partial charge in [-0.25, -0.2) is 0 Å². The van der Waals surface area contributed by atoms with Crippen LogP contribution in [-0.4, -0.2) is 35.3 Å². The van der Waals surface area contributed by atoms with Gasteiger partial charge in [0.05, 0.1) is 11.6 Å². The van der Waals surface area contributed by atoms with E-state index in [4.69, 9.17) is 0 Å². The van der Waals surface area contributed by atoms with E-state index in [0.717, 1.165) is 44.7 Å². The molecule has 1 fully saturated rings. The number of hydrogen-bond donors (Lipinski definition) is 2.